The average Bonchev–Trinajstić information content (AvgIpc) is 2.25. The number of hydrogen-bond acceptors (Lipinski definition) is 4. The van der Waals surface area contributed by atoms with Crippen LogP contribution in [0.3, 0.4) is 0 Å². The monoisotopic (exact) mass is 287 g/mol. The van der Waals surface area contributed by atoms with E-state index >= 15 is 0 Å². The predicted octanol–water partition coefficient (Wildman–Crippen LogP) is 2.14. The van der Waals surface area contributed by atoms with Gasteiger partial charge in [-0.25, -0.2) is 0 Å². The predicted molar refractivity (Wildman–Crippen MR) is 67.7 cm³/mol. The third-order valence-corrected chi connectivity index (χ3v) is 2.74. The first-order valence-electron chi connectivity index (χ1n) is 4.91. The van der Waals surface area contributed by atoms with E-state index in [1.165, 1.54) is 6.07 Å². The number of anilines is 1. The molecule has 0 fully saturated rings. The molecule has 0 radical (unpaired) electrons. The summed E-state index contributed by atoms with van der Waals surface area (Å²) < 4.78 is 0.704. The maximum absolute atomic E-state index is 10.9. The van der Waals surface area contributed by atoms with Crippen LogP contribution in [0.4, 0.5) is 11.4 Å². The zero-order chi connectivity index (χ0) is 12.1. The largest absolute Gasteiger partial charge is 0.369 e. The summed E-state index contributed by atoms with van der Waals surface area (Å²) in [6.45, 7) is 1.29. The molecule has 2 N–H and O–H groups in total. The van der Waals surface area contributed by atoms with E-state index in [9.17, 15) is 10.1 Å². The van der Waals surface area contributed by atoms with E-state index < -0.39 is 0 Å². The first-order valence-corrected chi connectivity index (χ1v) is 5.70. The summed E-state index contributed by atoms with van der Waals surface area (Å²) in [4.78, 5) is 12.4. The van der Waals surface area contributed by atoms with Crippen molar-refractivity contribution in [2.24, 2.45) is 5.73 Å². The fourth-order valence-corrected chi connectivity index (χ4v) is 1.76. The number of benzene rings is 1. The third kappa shape index (κ3) is 3.18. The van der Waals surface area contributed by atoms with Crippen LogP contribution < -0.4 is 10.6 Å². The van der Waals surface area contributed by atoms with Crippen molar-refractivity contribution in [3.63, 3.8) is 0 Å². The fourth-order valence-electron chi connectivity index (χ4n) is 1.41. The number of nitro groups is 1. The molecule has 1 rings (SSSR count). The molecule has 88 valence electrons. The molecule has 0 saturated heterocycles. The highest BCUT2D eigenvalue weighted by atomic mass is 79.9. The van der Waals surface area contributed by atoms with Crippen LogP contribution in [0.2, 0.25) is 0 Å². The summed E-state index contributed by atoms with van der Waals surface area (Å²) in [5.74, 6) is 0. The Balaban J connectivity index is 2.98. The van der Waals surface area contributed by atoms with Gasteiger partial charge in [-0.05, 0) is 25.1 Å². The Morgan fingerprint density at radius 3 is 2.81 bits per heavy atom. The molecule has 5 nitrogen and oxygen atoms in total. The molecule has 1 aromatic rings. The van der Waals surface area contributed by atoms with Crippen molar-refractivity contribution >= 4 is 27.3 Å². The molecule has 0 atom stereocenters. The van der Waals surface area contributed by atoms with E-state index in [1.807, 2.05) is 11.9 Å². The highest BCUT2D eigenvalue weighted by molar-refractivity contribution is 9.10. The van der Waals surface area contributed by atoms with Crippen LogP contribution in [0.1, 0.15) is 6.42 Å². The summed E-state index contributed by atoms with van der Waals surface area (Å²) in [6, 6.07) is 5.04. The molecule has 6 heteroatoms. The van der Waals surface area contributed by atoms with Gasteiger partial charge >= 0.3 is 0 Å². The Labute approximate surface area is 103 Å². The minimum atomic E-state index is -0.376. The van der Waals surface area contributed by atoms with Gasteiger partial charge in [-0.1, -0.05) is 15.9 Å². The lowest BCUT2D eigenvalue weighted by Crippen LogP contribution is -2.21. The normalized spacial score (nSPS) is 10.2. The van der Waals surface area contributed by atoms with Gasteiger partial charge in [0.05, 0.1) is 4.92 Å². The van der Waals surface area contributed by atoms with Gasteiger partial charge in [-0.3, -0.25) is 10.1 Å². The van der Waals surface area contributed by atoms with Crippen LogP contribution in [0.15, 0.2) is 22.7 Å². The van der Waals surface area contributed by atoms with Crippen LogP contribution in [-0.4, -0.2) is 25.1 Å². The van der Waals surface area contributed by atoms with E-state index in [1.54, 1.807) is 12.1 Å². The minimum Gasteiger partial charge on any atom is -0.369 e. The molecule has 0 amide bonds. The van der Waals surface area contributed by atoms with Crippen molar-refractivity contribution in [3.05, 3.63) is 32.8 Å². The zero-order valence-corrected chi connectivity index (χ0v) is 10.6. The van der Waals surface area contributed by atoms with Crippen LogP contribution in [0.5, 0.6) is 0 Å². The second-order valence-corrected chi connectivity index (χ2v) is 4.37. The van der Waals surface area contributed by atoms with E-state index in [2.05, 4.69) is 15.9 Å². The minimum absolute atomic E-state index is 0.105. The van der Waals surface area contributed by atoms with Crippen LogP contribution in [0.25, 0.3) is 0 Å². The Bertz CT molecular complexity index is 384. The Morgan fingerprint density at radius 2 is 2.25 bits per heavy atom. The van der Waals surface area contributed by atoms with Crippen molar-refractivity contribution in [2.45, 2.75) is 6.42 Å². The van der Waals surface area contributed by atoms with E-state index in [0.717, 1.165) is 6.42 Å². The van der Waals surface area contributed by atoms with Gasteiger partial charge in [0.25, 0.3) is 5.69 Å². The molecule has 0 bridgehead atoms. The number of rotatable bonds is 5. The summed E-state index contributed by atoms with van der Waals surface area (Å²) in [5.41, 5.74) is 6.13. The van der Waals surface area contributed by atoms with Crippen molar-refractivity contribution in [3.8, 4) is 0 Å². The molecular weight excluding hydrogens is 274 g/mol. The Kier molecular flexibility index (Phi) is 4.70. The summed E-state index contributed by atoms with van der Waals surface area (Å²) in [6.07, 6.45) is 0.809. The molecule has 1 aromatic carbocycles. The molecule has 0 aliphatic carbocycles. The highest BCUT2D eigenvalue weighted by Gasteiger charge is 2.16. The number of hydrogen-bond donors (Lipinski definition) is 1. The van der Waals surface area contributed by atoms with E-state index in [-0.39, 0.29) is 10.6 Å². The average molecular weight is 288 g/mol. The molecular formula is C10H14BrN3O2. The lowest BCUT2D eigenvalue weighted by molar-refractivity contribution is -0.384. The second kappa shape index (κ2) is 5.81. The number of nitrogens with zero attached hydrogens (tertiary/aromatic N) is 2. The molecule has 0 aliphatic rings. The Hall–Kier alpha value is -1.14. The third-order valence-electron chi connectivity index (χ3n) is 2.24. The molecule has 0 heterocycles. The molecule has 0 aromatic heterocycles. The highest BCUT2D eigenvalue weighted by Crippen LogP contribution is 2.30. The summed E-state index contributed by atoms with van der Waals surface area (Å²) in [5, 5.41) is 10.9. The van der Waals surface area contributed by atoms with Crippen LogP contribution in [-0.2, 0) is 0 Å². The molecule has 0 spiro atoms. The van der Waals surface area contributed by atoms with Gasteiger partial charge in [-0.15, -0.1) is 0 Å². The lowest BCUT2D eigenvalue weighted by Gasteiger charge is -2.18. The molecule has 0 saturated carbocycles. The molecule has 0 aliphatic heterocycles. The lowest BCUT2D eigenvalue weighted by atomic mass is 10.2. The topological polar surface area (TPSA) is 72.4 Å². The van der Waals surface area contributed by atoms with Crippen molar-refractivity contribution in [1.29, 1.82) is 0 Å². The van der Waals surface area contributed by atoms with E-state index in [4.69, 9.17) is 5.73 Å². The standard InChI is InChI=1S/C10H14BrN3O2/c1-13(6-2-5-12)9-4-3-8(11)7-10(9)14(15)16/h3-4,7H,2,5-6,12H2,1H3. The first-order chi connectivity index (χ1) is 7.56. The maximum Gasteiger partial charge on any atom is 0.293 e. The van der Waals surface area contributed by atoms with Gasteiger partial charge in [0.15, 0.2) is 0 Å². The summed E-state index contributed by atoms with van der Waals surface area (Å²) in [7, 11) is 1.83. The van der Waals surface area contributed by atoms with Gasteiger partial charge < -0.3 is 10.6 Å². The van der Waals surface area contributed by atoms with Gasteiger partial charge in [-0.2, -0.15) is 0 Å². The first kappa shape index (κ1) is 12.9. The Morgan fingerprint density at radius 1 is 1.56 bits per heavy atom. The van der Waals surface area contributed by atoms with Gasteiger partial charge in [0, 0.05) is 24.1 Å². The molecule has 0 unspecified atom stereocenters. The van der Waals surface area contributed by atoms with Crippen molar-refractivity contribution < 1.29 is 4.92 Å². The van der Waals surface area contributed by atoms with Crippen LogP contribution in [0, 0.1) is 10.1 Å². The SMILES string of the molecule is CN(CCCN)c1ccc(Br)cc1[N+](=O)[O-]. The van der Waals surface area contributed by atoms with Crippen molar-refractivity contribution in [1.82, 2.24) is 0 Å². The van der Waals surface area contributed by atoms with Crippen LogP contribution >= 0.6 is 15.9 Å². The quantitative estimate of drug-likeness (QED) is 0.665. The molecule has 16 heavy (non-hydrogen) atoms. The number of halogens is 1. The number of nitro benzene ring substituents is 1. The maximum atomic E-state index is 10.9. The van der Waals surface area contributed by atoms with Gasteiger partial charge in [0.2, 0.25) is 0 Å². The second-order valence-electron chi connectivity index (χ2n) is 3.45. The number of nitrogens with two attached hydrogens (primary N) is 1. The van der Waals surface area contributed by atoms with E-state index in [0.29, 0.717) is 23.2 Å². The van der Waals surface area contributed by atoms with Gasteiger partial charge in [0.1, 0.15) is 5.69 Å². The zero-order valence-electron chi connectivity index (χ0n) is 9.02. The smallest absolute Gasteiger partial charge is 0.293 e. The fraction of sp³-hybridized carbons (Fsp3) is 0.400. The van der Waals surface area contributed by atoms with Crippen molar-refractivity contribution in [2.75, 3.05) is 25.0 Å². The summed E-state index contributed by atoms with van der Waals surface area (Å²) >= 11 is 3.22.